The van der Waals surface area contributed by atoms with Gasteiger partial charge >= 0.3 is 0 Å². The van der Waals surface area contributed by atoms with Gasteiger partial charge in [-0.25, -0.2) is 4.98 Å². The Balaban J connectivity index is 1.66. The van der Waals surface area contributed by atoms with Crippen molar-refractivity contribution in [3.8, 4) is 10.6 Å². The molecule has 1 N–H and O–H groups in total. The van der Waals surface area contributed by atoms with Crippen LogP contribution in [-0.4, -0.2) is 34.8 Å². The zero-order valence-corrected chi connectivity index (χ0v) is 15.8. The second kappa shape index (κ2) is 7.50. The van der Waals surface area contributed by atoms with Crippen LogP contribution in [0.2, 0.25) is 5.02 Å². The number of halogens is 1. The number of rotatable bonds is 3. The first-order chi connectivity index (χ1) is 13.1. The van der Waals surface area contributed by atoms with E-state index in [0.29, 0.717) is 28.6 Å². The fraction of sp³-hybridized carbons (Fsp3) is 0.150. The van der Waals surface area contributed by atoms with Gasteiger partial charge in [0, 0.05) is 29.2 Å². The van der Waals surface area contributed by atoms with E-state index in [9.17, 15) is 9.59 Å². The fourth-order valence-electron chi connectivity index (χ4n) is 3.12. The topological polar surface area (TPSA) is 62.3 Å². The molecule has 0 unspecified atom stereocenters. The van der Waals surface area contributed by atoms with Crippen molar-refractivity contribution in [3.05, 3.63) is 76.3 Å². The van der Waals surface area contributed by atoms with Gasteiger partial charge < -0.3 is 10.2 Å². The van der Waals surface area contributed by atoms with Crippen LogP contribution < -0.4 is 5.32 Å². The van der Waals surface area contributed by atoms with Gasteiger partial charge in [0.05, 0.1) is 6.20 Å². The van der Waals surface area contributed by atoms with Crippen molar-refractivity contribution in [3.63, 3.8) is 0 Å². The van der Waals surface area contributed by atoms with E-state index in [1.807, 2.05) is 36.4 Å². The molecule has 136 valence electrons. The maximum absolute atomic E-state index is 13.2. The SMILES string of the molecule is O=C1NCCN(C(=O)c2cnc(-c3ccccc3)s2)[C@@H]1c1ccccc1Cl. The number of benzene rings is 2. The lowest BCUT2D eigenvalue weighted by Crippen LogP contribution is -2.52. The Labute approximate surface area is 165 Å². The molecule has 5 nitrogen and oxygen atoms in total. The third-order valence-electron chi connectivity index (χ3n) is 4.41. The van der Waals surface area contributed by atoms with Crippen LogP contribution in [0, 0.1) is 0 Å². The number of aromatic nitrogens is 1. The average molecular weight is 398 g/mol. The quantitative estimate of drug-likeness (QED) is 0.731. The summed E-state index contributed by atoms with van der Waals surface area (Å²) in [6, 6.07) is 16.1. The summed E-state index contributed by atoms with van der Waals surface area (Å²) in [7, 11) is 0. The molecule has 4 rings (SSSR count). The molecule has 2 amide bonds. The van der Waals surface area contributed by atoms with Crippen LogP contribution in [0.4, 0.5) is 0 Å². The molecule has 0 spiro atoms. The summed E-state index contributed by atoms with van der Waals surface area (Å²) < 4.78 is 0. The van der Waals surface area contributed by atoms with Crippen LogP contribution in [0.1, 0.15) is 21.3 Å². The zero-order valence-electron chi connectivity index (χ0n) is 14.3. The molecule has 1 atom stereocenters. The number of nitrogens with one attached hydrogen (secondary N) is 1. The third-order valence-corrected chi connectivity index (χ3v) is 5.79. The van der Waals surface area contributed by atoms with Crippen LogP contribution in [0.3, 0.4) is 0 Å². The lowest BCUT2D eigenvalue weighted by molar-refractivity contribution is -0.128. The fourth-order valence-corrected chi connectivity index (χ4v) is 4.24. The molecule has 1 fully saturated rings. The Morgan fingerprint density at radius 1 is 1.15 bits per heavy atom. The molecule has 0 bridgehead atoms. The number of piperazine rings is 1. The van der Waals surface area contributed by atoms with E-state index in [0.717, 1.165) is 10.6 Å². The molecule has 1 aliphatic heterocycles. The average Bonchev–Trinajstić information content (AvgIpc) is 3.19. The molecule has 2 aromatic carbocycles. The Morgan fingerprint density at radius 2 is 1.89 bits per heavy atom. The summed E-state index contributed by atoms with van der Waals surface area (Å²) in [6.07, 6.45) is 1.57. The standard InChI is InChI=1S/C20H16ClN3O2S/c21-15-9-5-4-8-14(15)17-18(25)22-10-11-24(17)20(26)16-12-23-19(27-16)13-6-2-1-3-7-13/h1-9,12,17H,10-11H2,(H,22,25)/t17-/m1/s1. The first-order valence-electron chi connectivity index (χ1n) is 8.49. The van der Waals surface area contributed by atoms with Crippen LogP contribution in [0.5, 0.6) is 0 Å². The van der Waals surface area contributed by atoms with Crippen molar-refractivity contribution < 1.29 is 9.59 Å². The van der Waals surface area contributed by atoms with Crippen molar-refractivity contribution in [1.29, 1.82) is 0 Å². The van der Waals surface area contributed by atoms with Crippen LogP contribution in [0.15, 0.2) is 60.8 Å². The van der Waals surface area contributed by atoms with E-state index in [1.54, 1.807) is 29.3 Å². The minimum absolute atomic E-state index is 0.213. The molecule has 7 heteroatoms. The van der Waals surface area contributed by atoms with E-state index < -0.39 is 6.04 Å². The van der Waals surface area contributed by atoms with Gasteiger partial charge in [0.2, 0.25) is 5.91 Å². The van der Waals surface area contributed by atoms with Gasteiger partial charge in [-0.15, -0.1) is 11.3 Å². The molecule has 1 aromatic heterocycles. The second-order valence-corrected chi connectivity index (χ2v) is 7.55. The predicted octanol–water partition coefficient (Wildman–Crippen LogP) is 3.78. The highest BCUT2D eigenvalue weighted by atomic mass is 35.5. The largest absolute Gasteiger partial charge is 0.352 e. The highest BCUT2D eigenvalue weighted by Crippen LogP contribution is 2.32. The minimum atomic E-state index is -0.748. The van der Waals surface area contributed by atoms with Gasteiger partial charge in [0.15, 0.2) is 0 Å². The van der Waals surface area contributed by atoms with Gasteiger partial charge in [0.1, 0.15) is 15.9 Å². The number of hydrogen-bond acceptors (Lipinski definition) is 4. The summed E-state index contributed by atoms with van der Waals surface area (Å²) >= 11 is 7.62. The van der Waals surface area contributed by atoms with E-state index in [4.69, 9.17) is 11.6 Å². The number of carbonyl (C=O) groups is 2. The van der Waals surface area contributed by atoms with E-state index in [1.165, 1.54) is 11.3 Å². The molecule has 0 aliphatic carbocycles. The molecule has 0 saturated carbocycles. The number of carbonyl (C=O) groups excluding carboxylic acids is 2. The number of amides is 2. The van der Waals surface area contributed by atoms with Gasteiger partial charge in [-0.05, 0) is 6.07 Å². The Hall–Kier alpha value is -2.70. The molecular formula is C20H16ClN3O2S. The van der Waals surface area contributed by atoms with Crippen molar-refractivity contribution in [1.82, 2.24) is 15.2 Å². The lowest BCUT2D eigenvalue weighted by atomic mass is 10.0. The molecular weight excluding hydrogens is 382 g/mol. The minimum Gasteiger partial charge on any atom is -0.352 e. The summed E-state index contributed by atoms with van der Waals surface area (Å²) in [4.78, 5) is 32.2. The first kappa shape index (κ1) is 17.7. The van der Waals surface area contributed by atoms with E-state index in [2.05, 4.69) is 10.3 Å². The molecule has 0 radical (unpaired) electrons. The van der Waals surface area contributed by atoms with Crippen LogP contribution in [-0.2, 0) is 4.79 Å². The van der Waals surface area contributed by atoms with Crippen molar-refractivity contribution in [2.45, 2.75) is 6.04 Å². The summed E-state index contributed by atoms with van der Waals surface area (Å²) in [5.74, 6) is -0.440. The monoisotopic (exact) mass is 397 g/mol. The lowest BCUT2D eigenvalue weighted by Gasteiger charge is -2.35. The smallest absolute Gasteiger partial charge is 0.266 e. The van der Waals surface area contributed by atoms with E-state index >= 15 is 0 Å². The summed E-state index contributed by atoms with van der Waals surface area (Å²) in [5, 5.41) is 4.06. The summed E-state index contributed by atoms with van der Waals surface area (Å²) in [6.45, 7) is 0.828. The van der Waals surface area contributed by atoms with Gasteiger partial charge in [-0.1, -0.05) is 60.1 Å². The van der Waals surface area contributed by atoms with Gasteiger partial charge in [-0.3, -0.25) is 9.59 Å². The normalized spacial score (nSPS) is 16.9. The maximum atomic E-state index is 13.2. The third kappa shape index (κ3) is 3.46. The Kier molecular flexibility index (Phi) is 4.92. The number of thiazole rings is 1. The Morgan fingerprint density at radius 3 is 2.67 bits per heavy atom. The molecule has 3 aromatic rings. The molecule has 1 aliphatic rings. The van der Waals surface area contributed by atoms with Crippen LogP contribution in [0.25, 0.3) is 10.6 Å². The Bertz CT molecular complexity index is 990. The van der Waals surface area contributed by atoms with Gasteiger partial charge in [0.25, 0.3) is 5.91 Å². The highest BCUT2D eigenvalue weighted by molar-refractivity contribution is 7.16. The van der Waals surface area contributed by atoms with Crippen molar-refractivity contribution >= 4 is 34.8 Å². The number of hydrogen-bond donors (Lipinski definition) is 1. The zero-order chi connectivity index (χ0) is 18.8. The molecule has 1 saturated heterocycles. The van der Waals surface area contributed by atoms with Crippen LogP contribution >= 0.6 is 22.9 Å². The second-order valence-electron chi connectivity index (χ2n) is 6.11. The maximum Gasteiger partial charge on any atom is 0.266 e. The molecule has 27 heavy (non-hydrogen) atoms. The highest BCUT2D eigenvalue weighted by Gasteiger charge is 2.36. The first-order valence-corrected chi connectivity index (χ1v) is 9.69. The van der Waals surface area contributed by atoms with Crippen molar-refractivity contribution in [2.75, 3.05) is 13.1 Å². The van der Waals surface area contributed by atoms with Gasteiger partial charge in [-0.2, -0.15) is 0 Å². The predicted molar refractivity (Wildman–Crippen MR) is 106 cm³/mol. The van der Waals surface area contributed by atoms with Crippen molar-refractivity contribution in [2.24, 2.45) is 0 Å². The van der Waals surface area contributed by atoms with E-state index in [-0.39, 0.29) is 11.8 Å². The molecule has 2 heterocycles. The summed E-state index contributed by atoms with van der Waals surface area (Å²) in [5.41, 5.74) is 1.58. The number of nitrogens with zero attached hydrogens (tertiary/aromatic N) is 2.